The molecule has 2 aliphatic rings. The molecule has 4 rings (SSSR count). The smallest absolute Gasteiger partial charge is 0.248 e. The fraction of sp³-hybridized carbons (Fsp3) is 0.600. The van der Waals surface area contributed by atoms with Crippen LogP contribution >= 0.6 is 0 Å². The van der Waals surface area contributed by atoms with E-state index in [-0.39, 0.29) is 23.8 Å². The first-order chi connectivity index (χ1) is 14.2. The van der Waals surface area contributed by atoms with Crippen LogP contribution in [0.5, 0.6) is 0 Å². The first-order valence-corrected chi connectivity index (χ1v) is 9.88. The molecule has 2 aliphatic heterocycles. The summed E-state index contributed by atoms with van der Waals surface area (Å²) >= 11 is 0. The number of rotatable bonds is 7. The van der Waals surface area contributed by atoms with Crippen LogP contribution in [0.25, 0.3) is 11.5 Å². The summed E-state index contributed by atoms with van der Waals surface area (Å²) in [6.45, 7) is 3.47. The van der Waals surface area contributed by atoms with Crippen molar-refractivity contribution in [1.29, 1.82) is 0 Å². The zero-order valence-corrected chi connectivity index (χ0v) is 16.6. The van der Waals surface area contributed by atoms with Crippen molar-refractivity contribution >= 4 is 5.91 Å². The van der Waals surface area contributed by atoms with Crippen molar-refractivity contribution in [2.75, 3.05) is 53.2 Å². The molecule has 1 atom stereocenters. The lowest BCUT2D eigenvalue weighted by Crippen LogP contribution is -2.38. The minimum Gasteiger partial charge on any atom is -0.420 e. The molecule has 0 aliphatic carbocycles. The molecule has 0 aromatic carbocycles. The van der Waals surface area contributed by atoms with E-state index in [1.165, 1.54) is 0 Å². The maximum absolute atomic E-state index is 12.7. The Bertz CT molecular complexity index is 806. The van der Waals surface area contributed by atoms with E-state index in [4.69, 9.17) is 18.6 Å². The van der Waals surface area contributed by atoms with E-state index < -0.39 is 0 Å². The Kier molecular flexibility index (Phi) is 6.17. The second-order valence-electron chi connectivity index (χ2n) is 7.53. The molecule has 4 heterocycles. The van der Waals surface area contributed by atoms with Gasteiger partial charge in [0.1, 0.15) is 6.61 Å². The zero-order chi connectivity index (χ0) is 20.1. The number of likely N-dealkylation sites (tertiary alicyclic amines) is 1. The number of hydrogen-bond donors (Lipinski definition) is 0. The number of aromatic nitrogens is 3. The number of carbonyl (C=O) groups is 1. The Labute approximate surface area is 169 Å². The highest BCUT2D eigenvalue weighted by Gasteiger charge is 2.51. The van der Waals surface area contributed by atoms with Gasteiger partial charge in [-0.25, -0.2) is 0 Å². The molecule has 2 aromatic rings. The zero-order valence-electron chi connectivity index (χ0n) is 16.6. The highest BCUT2D eigenvalue weighted by molar-refractivity contribution is 5.78. The summed E-state index contributed by atoms with van der Waals surface area (Å²) in [6, 6.07) is 3.67. The SMILES string of the molecule is COCCOCC(=O)N1CC(c2nnc(-c3ccncc3)o2)C2(CCOCC2)C1. The summed E-state index contributed by atoms with van der Waals surface area (Å²) in [4.78, 5) is 18.6. The van der Waals surface area contributed by atoms with Crippen molar-refractivity contribution in [3.05, 3.63) is 30.4 Å². The van der Waals surface area contributed by atoms with Crippen LogP contribution in [-0.2, 0) is 19.0 Å². The van der Waals surface area contributed by atoms with E-state index in [0.717, 1.165) is 18.4 Å². The van der Waals surface area contributed by atoms with Gasteiger partial charge < -0.3 is 23.5 Å². The van der Waals surface area contributed by atoms with E-state index in [2.05, 4.69) is 15.2 Å². The molecule has 1 unspecified atom stereocenters. The first kappa shape index (κ1) is 19.9. The number of carbonyl (C=O) groups excluding carboxylic acids is 1. The quantitative estimate of drug-likeness (QED) is 0.643. The lowest BCUT2D eigenvalue weighted by atomic mass is 9.72. The topological polar surface area (TPSA) is 99.8 Å². The number of methoxy groups -OCH3 is 1. The predicted octanol–water partition coefficient (Wildman–Crippen LogP) is 1.52. The summed E-state index contributed by atoms with van der Waals surface area (Å²) < 4.78 is 22.0. The van der Waals surface area contributed by atoms with E-state index >= 15 is 0 Å². The van der Waals surface area contributed by atoms with Crippen LogP contribution in [-0.4, -0.2) is 79.2 Å². The Morgan fingerprint density at radius 3 is 2.79 bits per heavy atom. The van der Waals surface area contributed by atoms with Crippen LogP contribution in [0.1, 0.15) is 24.7 Å². The standard InChI is InChI=1S/C20H26N4O5/c1-26-10-11-28-13-17(25)24-12-16(20(14-24)4-8-27-9-5-20)19-23-22-18(29-19)15-2-6-21-7-3-15/h2-3,6-7,16H,4-5,8-14H2,1H3. The van der Waals surface area contributed by atoms with Crippen LogP contribution < -0.4 is 0 Å². The molecule has 156 valence electrons. The molecule has 0 N–H and O–H groups in total. The van der Waals surface area contributed by atoms with Crippen molar-refractivity contribution < 1.29 is 23.4 Å². The predicted molar refractivity (Wildman–Crippen MR) is 102 cm³/mol. The highest BCUT2D eigenvalue weighted by atomic mass is 16.5. The van der Waals surface area contributed by atoms with Crippen molar-refractivity contribution in [2.24, 2.45) is 5.41 Å². The van der Waals surface area contributed by atoms with Gasteiger partial charge in [0.2, 0.25) is 17.7 Å². The average Bonchev–Trinajstić information content (AvgIpc) is 3.38. The van der Waals surface area contributed by atoms with Gasteiger partial charge in [0.25, 0.3) is 0 Å². The molecule has 1 spiro atoms. The van der Waals surface area contributed by atoms with E-state index in [9.17, 15) is 4.79 Å². The number of ether oxygens (including phenoxy) is 3. The molecule has 2 aromatic heterocycles. The van der Waals surface area contributed by atoms with Crippen LogP contribution in [0.4, 0.5) is 0 Å². The number of nitrogens with zero attached hydrogens (tertiary/aromatic N) is 4. The molecular formula is C20H26N4O5. The summed E-state index contributed by atoms with van der Waals surface area (Å²) in [5.74, 6) is 1.01. The van der Waals surface area contributed by atoms with Crippen molar-refractivity contribution in [3.8, 4) is 11.5 Å². The van der Waals surface area contributed by atoms with Gasteiger partial charge in [0.05, 0.1) is 19.1 Å². The lowest BCUT2D eigenvalue weighted by molar-refractivity contribution is -0.136. The Morgan fingerprint density at radius 2 is 2.03 bits per heavy atom. The van der Waals surface area contributed by atoms with Gasteiger partial charge in [-0.3, -0.25) is 9.78 Å². The van der Waals surface area contributed by atoms with E-state index in [1.807, 2.05) is 17.0 Å². The molecule has 2 fully saturated rings. The van der Waals surface area contributed by atoms with Gasteiger partial charge in [-0.15, -0.1) is 10.2 Å². The minimum atomic E-state index is -0.109. The van der Waals surface area contributed by atoms with Crippen LogP contribution in [0.3, 0.4) is 0 Å². The van der Waals surface area contributed by atoms with Gasteiger partial charge >= 0.3 is 0 Å². The Balaban J connectivity index is 1.51. The maximum Gasteiger partial charge on any atom is 0.248 e. The fourth-order valence-electron chi connectivity index (χ4n) is 4.16. The maximum atomic E-state index is 12.7. The monoisotopic (exact) mass is 402 g/mol. The van der Waals surface area contributed by atoms with E-state index in [0.29, 0.717) is 51.3 Å². The van der Waals surface area contributed by atoms with Crippen LogP contribution in [0.15, 0.2) is 28.9 Å². The van der Waals surface area contributed by atoms with Gasteiger partial charge in [-0.2, -0.15) is 0 Å². The number of amides is 1. The molecular weight excluding hydrogens is 376 g/mol. The second-order valence-corrected chi connectivity index (χ2v) is 7.53. The number of pyridine rings is 1. The van der Waals surface area contributed by atoms with Crippen LogP contribution in [0.2, 0.25) is 0 Å². The fourth-order valence-corrected chi connectivity index (χ4v) is 4.16. The molecule has 29 heavy (non-hydrogen) atoms. The lowest BCUT2D eigenvalue weighted by Gasteiger charge is -2.36. The van der Waals surface area contributed by atoms with E-state index in [1.54, 1.807) is 19.5 Å². The highest BCUT2D eigenvalue weighted by Crippen LogP contribution is 2.49. The van der Waals surface area contributed by atoms with Gasteiger partial charge in [-0.1, -0.05) is 0 Å². The molecule has 0 saturated carbocycles. The number of hydrogen-bond acceptors (Lipinski definition) is 8. The molecule has 0 bridgehead atoms. The minimum absolute atomic E-state index is 0.0163. The van der Waals surface area contributed by atoms with Gasteiger partial charge in [-0.05, 0) is 25.0 Å². The third-order valence-electron chi connectivity index (χ3n) is 5.81. The van der Waals surface area contributed by atoms with Crippen molar-refractivity contribution in [1.82, 2.24) is 20.1 Å². The largest absolute Gasteiger partial charge is 0.420 e. The Morgan fingerprint density at radius 1 is 1.24 bits per heavy atom. The Hall–Kier alpha value is -2.36. The summed E-state index contributed by atoms with van der Waals surface area (Å²) in [5.41, 5.74) is 0.722. The summed E-state index contributed by atoms with van der Waals surface area (Å²) in [6.07, 6.45) is 5.11. The third-order valence-corrected chi connectivity index (χ3v) is 5.81. The molecule has 1 amide bonds. The molecule has 9 heteroatoms. The molecule has 2 saturated heterocycles. The van der Waals surface area contributed by atoms with Crippen LogP contribution in [0, 0.1) is 5.41 Å². The normalized spacial score (nSPS) is 21.0. The molecule has 0 radical (unpaired) electrons. The first-order valence-electron chi connectivity index (χ1n) is 9.88. The van der Waals surface area contributed by atoms with Gasteiger partial charge in [0.15, 0.2) is 0 Å². The summed E-state index contributed by atoms with van der Waals surface area (Å²) in [5, 5.41) is 8.57. The van der Waals surface area contributed by atoms with Gasteiger partial charge in [0, 0.05) is 56.8 Å². The van der Waals surface area contributed by atoms with Crippen molar-refractivity contribution in [3.63, 3.8) is 0 Å². The summed E-state index contributed by atoms with van der Waals surface area (Å²) in [7, 11) is 1.61. The average molecular weight is 402 g/mol. The molecule has 9 nitrogen and oxygen atoms in total. The third kappa shape index (κ3) is 4.31. The van der Waals surface area contributed by atoms with Crippen molar-refractivity contribution in [2.45, 2.75) is 18.8 Å². The second kappa shape index (κ2) is 8.98.